The number of hydrogen-bond acceptors (Lipinski definition) is 7. The molecule has 0 bridgehead atoms. The van der Waals surface area contributed by atoms with Gasteiger partial charge < -0.3 is 15.4 Å². The second-order valence-electron chi connectivity index (χ2n) is 7.23. The molecule has 9 nitrogen and oxygen atoms in total. The maximum atomic E-state index is 13.0. The van der Waals surface area contributed by atoms with Gasteiger partial charge in [-0.3, -0.25) is 9.59 Å². The van der Waals surface area contributed by atoms with Crippen molar-refractivity contribution in [1.29, 1.82) is 0 Å². The summed E-state index contributed by atoms with van der Waals surface area (Å²) in [5, 5.41) is 14.2. The predicted octanol–water partition coefficient (Wildman–Crippen LogP) is 3.35. The molecule has 3 rings (SSSR count). The van der Waals surface area contributed by atoms with E-state index in [1.54, 1.807) is 20.8 Å². The molecule has 1 aromatic carbocycles. The Balaban J connectivity index is 1.97. The number of amides is 2. The highest BCUT2D eigenvalue weighted by atomic mass is 32.1. The van der Waals surface area contributed by atoms with Gasteiger partial charge in [0.2, 0.25) is 0 Å². The number of nitrogens with one attached hydrogen (secondary N) is 2. The van der Waals surface area contributed by atoms with E-state index in [4.69, 9.17) is 4.74 Å². The molecule has 2 heterocycles. The number of nitrogens with zero attached hydrogens (tertiary/aromatic N) is 3. The van der Waals surface area contributed by atoms with E-state index in [1.807, 2.05) is 32.0 Å². The minimum atomic E-state index is -0.609. The molecule has 0 aliphatic carbocycles. The van der Waals surface area contributed by atoms with Crippen molar-refractivity contribution in [3.05, 3.63) is 56.7 Å². The van der Waals surface area contributed by atoms with E-state index in [0.29, 0.717) is 16.1 Å². The summed E-state index contributed by atoms with van der Waals surface area (Å²) in [7, 11) is 1.50. The van der Waals surface area contributed by atoms with Crippen LogP contribution in [0.25, 0.3) is 5.69 Å². The maximum absolute atomic E-state index is 13.0. The van der Waals surface area contributed by atoms with Gasteiger partial charge in [0.15, 0.2) is 5.69 Å². The molecule has 0 saturated heterocycles. The van der Waals surface area contributed by atoms with Crippen LogP contribution in [0.2, 0.25) is 0 Å². The van der Waals surface area contributed by atoms with Crippen LogP contribution in [0.15, 0.2) is 18.2 Å². The number of carbonyl (C=O) groups is 3. The summed E-state index contributed by atoms with van der Waals surface area (Å²) in [6.07, 6.45) is 0. The number of aryl methyl sites for hydroxylation is 3. The Bertz CT molecular complexity index is 1210. The first kappa shape index (κ1) is 23.1. The Morgan fingerprint density at radius 2 is 1.81 bits per heavy atom. The van der Waals surface area contributed by atoms with Crippen LogP contribution in [-0.4, -0.2) is 46.4 Å². The molecule has 0 aliphatic heterocycles. The zero-order valence-electron chi connectivity index (χ0n) is 18.8. The molecule has 0 unspecified atom stereocenters. The molecular formula is C22H25N5O4S. The van der Waals surface area contributed by atoms with E-state index in [2.05, 4.69) is 20.8 Å². The average Bonchev–Trinajstić information content (AvgIpc) is 3.27. The SMILES string of the molecule is CCOC(=O)c1c(NC(=O)c2nn(-c3ccc(C)cc3C)nc2C)sc(C(=O)NC)c1C. The largest absolute Gasteiger partial charge is 0.462 e. The summed E-state index contributed by atoms with van der Waals surface area (Å²) in [6, 6.07) is 5.85. The van der Waals surface area contributed by atoms with Crippen molar-refractivity contribution < 1.29 is 19.1 Å². The summed E-state index contributed by atoms with van der Waals surface area (Å²) in [5.74, 6) is -1.49. The van der Waals surface area contributed by atoms with Gasteiger partial charge in [-0.1, -0.05) is 17.7 Å². The lowest BCUT2D eigenvalue weighted by Gasteiger charge is -2.06. The molecule has 2 N–H and O–H groups in total. The van der Waals surface area contributed by atoms with Crippen molar-refractivity contribution in [2.24, 2.45) is 0 Å². The molecule has 0 atom stereocenters. The van der Waals surface area contributed by atoms with Gasteiger partial charge in [-0.15, -0.1) is 16.4 Å². The van der Waals surface area contributed by atoms with Crippen LogP contribution in [-0.2, 0) is 4.74 Å². The lowest BCUT2D eigenvalue weighted by atomic mass is 10.1. The normalized spacial score (nSPS) is 10.7. The highest BCUT2D eigenvalue weighted by Gasteiger charge is 2.27. The molecule has 32 heavy (non-hydrogen) atoms. The van der Waals surface area contributed by atoms with Crippen LogP contribution < -0.4 is 10.6 Å². The summed E-state index contributed by atoms with van der Waals surface area (Å²) < 4.78 is 5.12. The summed E-state index contributed by atoms with van der Waals surface area (Å²) >= 11 is 1.01. The molecule has 0 aliphatic rings. The van der Waals surface area contributed by atoms with Crippen molar-refractivity contribution >= 4 is 34.1 Å². The lowest BCUT2D eigenvalue weighted by molar-refractivity contribution is 0.0527. The molecule has 0 radical (unpaired) electrons. The number of anilines is 1. The van der Waals surface area contributed by atoms with Gasteiger partial charge in [-0.05, 0) is 51.8 Å². The average molecular weight is 456 g/mol. The minimum Gasteiger partial charge on any atom is -0.462 e. The number of ether oxygens (including phenoxy) is 1. The number of hydrogen-bond donors (Lipinski definition) is 2. The van der Waals surface area contributed by atoms with Crippen molar-refractivity contribution in [1.82, 2.24) is 20.3 Å². The number of benzene rings is 1. The van der Waals surface area contributed by atoms with Gasteiger partial charge in [0.05, 0.1) is 28.4 Å². The van der Waals surface area contributed by atoms with Gasteiger partial charge in [-0.2, -0.15) is 9.90 Å². The first-order valence-corrected chi connectivity index (χ1v) is 10.8. The molecule has 0 saturated carbocycles. The molecule has 0 fully saturated rings. The van der Waals surface area contributed by atoms with E-state index in [-0.39, 0.29) is 28.8 Å². The van der Waals surface area contributed by atoms with Crippen LogP contribution in [0.1, 0.15) is 59.8 Å². The van der Waals surface area contributed by atoms with Crippen molar-refractivity contribution in [2.75, 3.05) is 19.0 Å². The Morgan fingerprint density at radius 3 is 2.44 bits per heavy atom. The Labute approximate surface area is 189 Å². The van der Waals surface area contributed by atoms with Gasteiger partial charge in [-0.25, -0.2) is 4.79 Å². The fraction of sp³-hybridized carbons (Fsp3) is 0.318. The molecular weight excluding hydrogens is 430 g/mol. The van der Waals surface area contributed by atoms with Crippen LogP contribution in [0, 0.1) is 27.7 Å². The molecule has 2 amide bonds. The van der Waals surface area contributed by atoms with Gasteiger partial charge in [0, 0.05) is 7.05 Å². The van der Waals surface area contributed by atoms with E-state index in [9.17, 15) is 14.4 Å². The highest BCUT2D eigenvalue weighted by Crippen LogP contribution is 2.34. The molecule has 3 aromatic rings. The number of rotatable bonds is 6. The number of aromatic nitrogens is 3. The highest BCUT2D eigenvalue weighted by molar-refractivity contribution is 7.18. The van der Waals surface area contributed by atoms with Crippen LogP contribution in [0.4, 0.5) is 5.00 Å². The van der Waals surface area contributed by atoms with E-state index < -0.39 is 11.9 Å². The smallest absolute Gasteiger partial charge is 0.341 e. The standard InChI is InChI=1S/C22H25N5O4S/c1-7-31-22(30)16-13(4)18(20(29)23-6)32-21(16)24-19(28)17-14(5)25-27(26-17)15-9-8-11(2)10-12(15)3/h8-10H,7H2,1-6H3,(H,23,29)(H,24,28). The van der Waals surface area contributed by atoms with Gasteiger partial charge in [0.1, 0.15) is 5.00 Å². The van der Waals surface area contributed by atoms with E-state index >= 15 is 0 Å². The third-order valence-electron chi connectivity index (χ3n) is 4.85. The number of carbonyl (C=O) groups excluding carboxylic acids is 3. The zero-order chi connectivity index (χ0) is 23.6. The molecule has 2 aromatic heterocycles. The summed E-state index contributed by atoms with van der Waals surface area (Å²) in [4.78, 5) is 39.5. The third-order valence-corrected chi connectivity index (χ3v) is 6.06. The minimum absolute atomic E-state index is 0.118. The predicted molar refractivity (Wildman–Crippen MR) is 122 cm³/mol. The fourth-order valence-electron chi connectivity index (χ4n) is 3.27. The van der Waals surface area contributed by atoms with E-state index in [0.717, 1.165) is 28.2 Å². The first-order chi connectivity index (χ1) is 15.2. The Kier molecular flexibility index (Phi) is 6.73. The Morgan fingerprint density at radius 1 is 1.09 bits per heavy atom. The molecule has 168 valence electrons. The summed E-state index contributed by atoms with van der Waals surface area (Å²) in [5.41, 5.74) is 3.99. The van der Waals surface area contributed by atoms with Crippen molar-refractivity contribution in [2.45, 2.75) is 34.6 Å². The second kappa shape index (κ2) is 9.31. The monoisotopic (exact) mass is 455 g/mol. The van der Waals surface area contributed by atoms with Gasteiger partial charge >= 0.3 is 5.97 Å². The first-order valence-electron chi connectivity index (χ1n) is 10.0. The topological polar surface area (TPSA) is 115 Å². The number of thiophene rings is 1. The Hall–Kier alpha value is -3.53. The fourth-order valence-corrected chi connectivity index (χ4v) is 4.41. The second-order valence-corrected chi connectivity index (χ2v) is 8.25. The molecule has 0 spiro atoms. The van der Waals surface area contributed by atoms with Crippen molar-refractivity contribution in [3.8, 4) is 5.69 Å². The van der Waals surface area contributed by atoms with Crippen LogP contribution in [0.5, 0.6) is 0 Å². The quantitative estimate of drug-likeness (QED) is 0.551. The molecule has 10 heteroatoms. The van der Waals surface area contributed by atoms with Crippen LogP contribution >= 0.6 is 11.3 Å². The number of esters is 1. The van der Waals surface area contributed by atoms with Crippen molar-refractivity contribution in [3.63, 3.8) is 0 Å². The van der Waals surface area contributed by atoms with E-state index in [1.165, 1.54) is 11.8 Å². The third kappa shape index (κ3) is 4.40. The van der Waals surface area contributed by atoms with Crippen LogP contribution in [0.3, 0.4) is 0 Å². The lowest BCUT2D eigenvalue weighted by Crippen LogP contribution is -2.18. The summed E-state index contributed by atoms with van der Waals surface area (Å²) in [6.45, 7) is 9.12. The maximum Gasteiger partial charge on any atom is 0.341 e. The van der Waals surface area contributed by atoms with Gasteiger partial charge in [0.25, 0.3) is 11.8 Å². The zero-order valence-corrected chi connectivity index (χ0v) is 19.6.